The molecule has 8 heteroatoms. The number of aliphatic hydroxyl groups excluding tert-OH is 1. The van der Waals surface area contributed by atoms with Crippen LogP contribution >= 0.6 is 0 Å². The molecule has 1 aromatic carbocycles. The molecule has 0 fully saturated rings. The Morgan fingerprint density at radius 3 is 2.70 bits per heavy atom. The maximum atomic E-state index is 11.7. The molecular weight excluding hydrogens is 302 g/mol. The Balaban J connectivity index is 2.32. The number of carbonyl (C=O) groups is 2. The van der Waals surface area contributed by atoms with Gasteiger partial charge in [0.15, 0.2) is 0 Å². The number of H-pyrrole nitrogens is 1. The van der Waals surface area contributed by atoms with Gasteiger partial charge in [-0.25, -0.2) is 14.6 Å². The fourth-order valence-electron chi connectivity index (χ4n) is 1.89. The molecular formula is C15H17N3O5. The van der Waals surface area contributed by atoms with E-state index in [0.29, 0.717) is 22.5 Å². The fourth-order valence-corrected chi connectivity index (χ4v) is 1.89. The Labute approximate surface area is 132 Å². The highest BCUT2D eigenvalue weighted by molar-refractivity contribution is 5.99. The van der Waals surface area contributed by atoms with Gasteiger partial charge in [-0.3, -0.25) is 0 Å². The number of methoxy groups -OCH3 is 2. The molecule has 122 valence electrons. The van der Waals surface area contributed by atoms with Crippen LogP contribution in [-0.2, 0) is 19.1 Å². The molecule has 0 bridgehead atoms. The van der Waals surface area contributed by atoms with Gasteiger partial charge in [0, 0.05) is 5.69 Å². The number of rotatable bonds is 5. The minimum atomic E-state index is -0.719. The van der Waals surface area contributed by atoms with Crippen LogP contribution in [0.1, 0.15) is 18.9 Å². The average Bonchev–Trinajstić information content (AvgIpc) is 2.96. The number of anilines is 1. The summed E-state index contributed by atoms with van der Waals surface area (Å²) in [7, 11) is 2.42. The Morgan fingerprint density at radius 2 is 2.09 bits per heavy atom. The largest absolute Gasteiger partial charge is 0.466 e. The number of nitrogens with zero attached hydrogens (tertiary/aromatic N) is 1. The molecule has 1 aromatic heterocycles. The summed E-state index contributed by atoms with van der Waals surface area (Å²) >= 11 is 0. The second kappa shape index (κ2) is 6.93. The minimum absolute atomic E-state index is 0.0611. The molecule has 0 amide bonds. The van der Waals surface area contributed by atoms with Crippen LogP contribution in [0, 0.1) is 0 Å². The van der Waals surface area contributed by atoms with E-state index in [2.05, 4.69) is 24.8 Å². The zero-order valence-corrected chi connectivity index (χ0v) is 12.9. The average molecular weight is 319 g/mol. The normalized spacial score (nSPS) is 12.8. The molecule has 2 rings (SSSR count). The van der Waals surface area contributed by atoms with E-state index >= 15 is 0 Å². The quantitative estimate of drug-likeness (QED) is 0.561. The third-order valence-electron chi connectivity index (χ3n) is 3.04. The molecule has 0 aliphatic heterocycles. The maximum Gasteiger partial charge on any atom is 0.354 e. The Bertz CT molecular complexity index is 764. The first-order chi connectivity index (χ1) is 10.9. The second-order valence-electron chi connectivity index (χ2n) is 4.73. The lowest BCUT2D eigenvalue weighted by Gasteiger charge is -2.08. The highest BCUT2D eigenvalue weighted by Gasteiger charge is 2.14. The number of hydrogen-bond acceptors (Lipinski definition) is 7. The Hall–Kier alpha value is -2.87. The molecule has 0 saturated heterocycles. The van der Waals surface area contributed by atoms with Crippen molar-refractivity contribution in [2.24, 2.45) is 0 Å². The van der Waals surface area contributed by atoms with E-state index in [0.717, 1.165) is 6.08 Å². The molecule has 0 radical (unpaired) electrons. The predicted octanol–water partition coefficient (Wildman–Crippen LogP) is 1.26. The molecule has 1 unspecified atom stereocenters. The number of aliphatic hydroxyl groups is 1. The first-order valence-electron chi connectivity index (χ1n) is 6.77. The molecule has 0 aliphatic carbocycles. The summed E-state index contributed by atoms with van der Waals surface area (Å²) in [5.74, 6) is -0.947. The van der Waals surface area contributed by atoms with Crippen LogP contribution in [-0.4, -0.2) is 41.2 Å². The summed E-state index contributed by atoms with van der Waals surface area (Å²) in [6.07, 6.45) is 0.285. The highest BCUT2D eigenvalue weighted by Crippen LogP contribution is 2.21. The zero-order valence-electron chi connectivity index (χ0n) is 12.9. The first-order valence-corrected chi connectivity index (χ1v) is 6.77. The molecule has 8 nitrogen and oxygen atoms in total. The summed E-state index contributed by atoms with van der Waals surface area (Å²) < 4.78 is 9.13. The van der Waals surface area contributed by atoms with E-state index in [1.54, 1.807) is 25.1 Å². The highest BCUT2D eigenvalue weighted by atomic mass is 16.5. The van der Waals surface area contributed by atoms with Gasteiger partial charge in [0.2, 0.25) is 0 Å². The third-order valence-corrected chi connectivity index (χ3v) is 3.04. The van der Waals surface area contributed by atoms with Gasteiger partial charge in [-0.1, -0.05) is 0 Å². The minimum Gasteiger partial charge on any atom is -0.466 e. The van der Waals surface area contributed by atoms with Gasteiger partial charge in [-0.2, -0.15) is 0 Å². The van der Waals surface area contributed by atoms with E-state index in [4.69, 9.17) is 0 Å². The van der Waals surface area contributed by atoms with Gasteiger partial charge in [0.05, 0.1) is 31.3 Å². The topological polar surface area (TPSA) is 114 Å². The molecule has 0 spiro atoms. The van der Waals surface area contributed by atoms with Crippen LogP contribution in [0.3, 0.4) is 0 Å². The lowest BCUT2D eigenvalue weighted by molar-refractivity contribution is -0.138. The van der Waals surface area contributed by atoms with E-state index in [-0.39, 0.29) is 5.70 Å². The summed E-state index contributed by atoms with van der Waals surface area (Å²) in [6, 6.07) is 5.10. The lowest BCUT2D eigenvalue weighted by atomic mass is 10.2. The molecule has 1 atom stereocenters. The monoisotopic (exact) mass is 319 g/mol. The number of imidazole rings is 1. The Morgan fingerprint density at radius 1 is 1.35 bits per heavy atom. The van der Waals surface area contributed by atoms with E-state index in [9.17, 15) is 14.7 Å². The smallest absolute Gasteiger partial charge is 0.354 e. The number of ether oxygens (including phenoxy) is 2. The van der Waals surface area contributed by atoms with Crippen LogP contribution in [0.15, 0.2) is 30.0 Å². The molecule has 0 saturated carbocycles. The van der Waals surface area contributed by atoms with Crippen molar-refractivity contribution in [3.05, 3.63) is 35.8 Å². The fraction of sp³-hybridized carbons (Fsp3) is 0.267. The van der Waals surface area contributed by atoms with Crippen LogP contribution < -0.4 is 5.32 Å². The van der Waals surface area contributed by atoms with E-state index in [1.807, 2.05) is 0 Å². The summed E-state index contributed by atoms with van der Waals surface area (Å²) in [5.41, 5.74) is 1.82. The third kappa shape index (κ3) is 3.86. The van der Waals surface area contributed by atoms with Gasteiger partial charge in [-0.05, 0) is 25.1 Å². The van der Waals surface area contributed by atoms with Crippen molar-refractivity contribution in [2.75, 3.05) is 19.5 Å². The first kappa shape index (κ1) is 16.5. The van der Waals surface area contributed by atoms with E-state index < -0.39 is 18.0 Å². The van der Waals surface area contributed by atoms with Gasteiger partial charge in [-0.15, -0.1) is 0 Å². The number of aromatic amines is 1. The summed E-state index contributed by atoms with van der Waals surface area (Å²) in [4.78, 5) is 30.3. The number of benzene rings is 1. The van der Waals surface area contributed by atoms with Crippen LogP contribution in [0.2, 0.25) is 0 Å². The van der Waals surface area contributed by atoms with Gasteiger partial charge in [0.1, 0.15) is 17.6 Å². The van der Waals surface area contributed by atoms with Crippen LogP contribution in [0.25, 0.3) is 11.0 Å². The van der Waals surface area contributed by atoms with E-state index in [1.165, 1.54) is 14.2 Å². The standard InChI is InChI=1S/C15H17N3O5/c1-8(19)14-17-10-5-4-9(6-11(10)18-14)16-12(15(21)23-3)7-13(20)22-2/h4-8,16,19H,1-3H3,(H,17,18)/b12-7+. The summed E-state index contributed by atoms with van der Waals surface area (Å²) in [6.45, 7) is 1.60. The van der Waals surface area contributed by atoms with Gasteiger partial charge >= 0.3 is 11.9 Å². The van der Waals surface area contributed by atoms with Gasteiger partial charge < -0.3 is 24.9 Å². The number of aromatic nitrogens is 2. The number of fused-ring (bicyclic) bond motifs is 1. The molecule has 2 aromatic rings. The van der Waals surface area contributed by atoms with Gasteiger partial charge in [0.25, 0.3) is 0 Å². The zero-order chi connectivity index (χ0) is 17.0. The van der Waals surface area contributed by atoms with Crippen molar-refractivity contribution in [1.82, 2.24) is 9.97 Å². The van der Waals surface area contributed by atoms with Crippen molar-refractivity contribution in [1.29, 1.82) is 0 Å². The SMILES string of the molecule is COC(=O)/C=C(/Nc1ccc2nc(C(C)O)[nH]c2c1)C(=O)OC. The molecule has 23 heavy (non-hydrogen) atoms. The second-order valence-corrected chi connectivity index (χ2v) is 4.73. The van der Waals surface area contributed by atoms with Crippen LogP contribution in [0.5, 0.6) is 0 Å². The Kier molecular flexibility index (Phi) is 4.97. The summed E-state index contributed by atoms with van der Waals surface area (Å²) in [5, 5.41) is 12.3. The number of carbonyl (C=O) groups excluding carboxylic acids is 2. The van der Waals surface area contributed by atoms with Crippen molar-refractivity contribution in [2.45, 2.75) is 13.0 Å². The number of hydrogen-bond donors (Lipinski definition) is 3. The lowest BCUT2D eigenvalue weighted by Crippen LogP contribution is -2.15. The molecule has 3 N–H and O–H groups in total. The molecule has 1 heterocycles. The van der Waals surface area contributed by atoms with Crippen molar-refractivity contribution < 1.29 is 24.2 Å². The van der Waals surface area contributed by atoms with Crippen molar-refractivity contribution in [3.63, 3.8) is 0 Å². The number of esters is 2. The van der Waals surface area contributed by atoms with Crippen molar-refractivity contribution >= 4 is 28.7 Å². The van der Waals surface area contributed by atoms with Crippen molar-refractivity contribution in [3.8, 4) is 0 Å². The van der Waals surface area contributed by atoms with Crippen LogP contribution in [0.4, 0.5) is 5.69 Å². The predicted molar refractivity (Wildman–Crippen MR) is 82.5 cm³/mol. The maximum absolute atomic E-state index is 11.7. The number of nitrogens with one attached hydrogen (secondary N) is 2. The molecule has 0 aliphatic rings.